The summed E-state index contributed by atoms with van der Waals surface area (Å²) in [5.41, 5.74) is 1.45. The zero-order valence-corrected chi connectivity index (χ0v) is 14.3. The molecule has 0 aliphatic carbocycles. The first-order chi connectivity index (χ1) is 11.5. The first-order valence-electron chi connectivity index (χ1n) is 8.02. The number of benzene rings is 2. The summed E-state index contributed by atoms with van der Waals surface area (Å²) >= 11 is 0. The maximum absolute atomic E-state index is 13.7. The number of sulfonamides is 1. The second-order valence-electron chi connectivity index (χ2n) is 6.01. The number of rotatable bonds is 5. The molecule has 0 spiro atoms. The highest BCUT2D eigenvalue weighted by Gasteiger charge is 2.27. The second-order valence-corrected chi connectivity index (χ2v) is 7.98. The lowest BCUT2D eigenvalue weighted by molar-refractivity contribution is 0.181. The predicted octanol–water partition coefficient (Wildman–Crippen LogP) is 2.47. The molecule has 0 saturated carbocycles. The Morgan fingerprint density at radius 1 is 0.875 bits per heavy atom. The second kappa shape index (κ2) is 7.42. The molecule has 1 aliphatic heterocycles. The summed E-state index contributed by atoms with van der Waals surface area (Å²) in [4.78, 5) is 2.24. The standard InChI is InChI=1S/C18H21FN2O2S/c19-18-9-5-4-8-17(18)15-24(22,23)21-12-10-20(11-13-21)14-16-6-2-1-3-7-16/h1-9H,10-15H2. The summed E-state index contributed by atoms with van der Waals surface area (Å²) in [7, 11) is -3.49. The normalized spacial score (nSPS) is 17.0. The van der Waals surface area contributed by atoms with Gasteiger partial charge < -0.3 is 0 Å². The molecule has 0 atom stereocenters. The van der Waals surface area contributed by atoms with Gasteiger partial charge in [-0.1, -0.05) is 48.5 Å². The monoisotopic (exact) mass is 348 g/mol. The van der Waals surface area contributed by atoms with E-state index >= 15 is 0 Å². The molecule has 0 radical (unpaired) electrons. The third kappa shape index (κ3) is 4.20. The third-order valence-electron chi connectivity index (χ3n) is 4.27. The minimum absolute atomic E-state index is 0.226. The van der Waals surface area contributed by atoms with Crippen LogP contribution in [0, 0.1) is 5.82 Å². The van der Waals surface area contributed by atoms with Crippen LogP contribution in [0.1, 0.15) is 11.1 Å². The molecule has 0 bridgehead atoms. The first kappa shape index (κ1) is 17.1. The van der Waals surface area contributed by atoms with Crippen molar-refractivity contribution in [2.45, 2.75) is 12.3 Å². The summed E-state index contributed by atoms with van der Waals surface area (Å²) in [6.45, 7) is 3.09. The highest BCUT2D eigenvalue weighted by molar-refractivity contribution is 7.88. The van der Waals surface area contributed by atoms with Crippen molar-refractivity contribution >= 4 is 10.0 Å². The van der Waals surface area contributed by atoms with Crippen molar-refractivity contribution in [2.75, 3.05) is 26.2 Å². The molecule has 1 aliphatic rings. The van der Waals surface area contributed by atoms with Crippen molar-refractivity contribution in [2.24, 2.45) is 0 Å². The molecule has 128 valence electrons. The van der Waals surface area contributed by atoms with E-state index in [9.17, 15) is 12.8 Å². The lowest BCUT2D eigenvalue weighted by Gasteiger charge is -2.34. The fraction of sp³-hybridized carbons (Fsp3) is 0.333. The maximum Gasteiger partial charge on any atom is 0.218 e. The van der Waals surface area contributed by atoms with Crippen molar-refractivity contribution in [3.8, 4) is 0 Å². The van der Waals surface area contributed by atoms with Gasteiger partial charge in [0.05, 0.1) is 5.75 Å². The zero-order chi connectivity index (χ0) is 17.0. The van der Waals surface area contributed by atoms with Crippen molar-refractivity contribution < 1.29 is 12.8 Å². The van der Waals surface area contributed by atoms with Gasteiger partial charge in [-0.25, -0.2) is 12.8 Å². The van der Waals surface area contributed by atoms with Crippen molar-refractivity contribution in [1.82, 2.24) is 9.21 Å². The fourth-order valence-corrected chi connectivity index (χ4v) is 4.44. The summed E-state index contributed by atoms with van der Waals surface area (Å²) < 4.78 is 40.2. The smallest absolute Gasteiger partial charge is 0.218 e. The molecule has 6 heteroatoms. The SMILES string of the molecule is O=S(=O)(Cc1ccccc1F)N1CCN(Cc2ccccc2)CC1. The number of hydrogen-bond donors (Lipinski definition) is 0. The van der Waals surface area contributed by atoms with Crippen LogP contribution in [0.15, 0.2) is 54.6 Å². The zero-order valence-electron chi connectivity index (χ0n) is 13.4. The molecule has 2 aromatic rings. The number of nitrogens with zero attached hydrogens (tertiary/aromatic N) is 2. The first-order valence-corrected chi connectivity index (χ1v) is 9.63. The van der Waals surface area contributed by atoms with Gasteiger partial charge in [0.1, 0.15) is 5.82 Å². The van der Waals surface area contributed by atoms with E-state index in [0.29, 0.717) is 26.2 Å². The number of hydrogen-bond acceptors (Lipinski definition) is 3. The highest BCUT2D eigenvalue weighted by Crippen LogP contribution is 2.17. The Morgan fingerprint density at radius 3 is 2.17 bits per heavy atom. The molecule has 0 amide bonds. The molecule has 1 saturated heterocycles. The van der Waals surface area contributed by atoms with Crippen molar-refractivity contribution in [3.05, 3.63) is 71.5 Å². The third-order valence-corrected chi connectivity index (χ3v) is 6.10. The van der Waals surface area contributed by atoms with Gasteiger partial charge in [-0.05, 0) is 11.6 Å². The van der Waals surface area contributed by atoms with Crippen LogP contribution in [0.4, 0.5) is 4.39 Å². The van der Waals surface area contributed by atoms with Crippen LogP contribution in [0.25, 0.3) is 0 Å². The van der Waals surface area contributed by atoms with Crippen molar-refractivity contribution in [1.29, 1.82) is 0 Å². The van der Waals surface area contributed by atoms with Gasteiger partial charge in [0.2, 0.25) is 10.0 Å². The van der Waals surface area contributed by atoms with Crippen molar-refractivity contribution in [3.63, 3.8) is 0 Å². The lowest BCUT2D eigenvalue weighted by atomic mass is 10.2. The van der Waals surface area contributed by atoms with E-state index < -0.39 is 15.8 Å². The average Bonchev–Trinajstić information content (AvgIpc) is 2.58. The van der Waals surface area contributed by atoms with Crippen LogP contribution in [0.3, 0.4) is 0 Å². The van der Waals surface area contributed by atoms with Gasteiger partial charge in [0.15, 0.2) is 0 Å². The van der Waals surface area contributed by atoms with Crippen LogP contribution < -0.4 is 0 Å². The highest BCUT2D eigenvalue weighted by atomic mass is 32.2. The molecule has 4 nitrogen and oxygen atoms in total. The molecule has 0 unspecified atom stereocenters. The minimum Gasteiger partial charge on any atom is -0.296 e. The van der Waals surface area contributed by atoms with Gasteiger partial charge in [0, 0.05) is 38.3 Å². The Bertz CT molecular complexity index is 773. The van der Waals surface area contributed by atoms with E-state index in [2.05, 4.69) is 17.0 Å². The van der Waals surface area contributed by atoms with Crippen LogP contribution in [0.5, 0.6) is 0 Å². The molecule has 1 heterocycles. The predicted molar refractivity (Wildman–Crippen MR) is 92.3 cm³/mol. The van der Waals surface area contributed by atoms with E-state index in [4.69, 9.17) is 0 Å². The largest absolute Gasteiger partial charge is 0.296 e. The van der Waals surface area contributed by atoms with Gasteiger partial charge in [0.25, 0.3) is 0 Å². The Labute approximate surface area is 142 Å². The minimum atomic E-state index is -3.49. The fourth-order valence-electron chi connectivity index (χ4n) is 2.91. The average molecular weight is 348 g/mol. The molecule has 1 fully saturated rings. The van der Waals surface area contributed by atoms with Gasteiger partial charge in [-0.2, -0.15) is 4.31 Å². The van der Waals surface area contributed by atoms with Crippen LogP contribution in [0.2, 0.25) is 0 Å². The quantitative estimate of drug-likeness (QED) is 0.833. The summed E-state index contributed by atoms with van der Waals surface area (Å²) in [6.07, 6.45) is 0. The van der Waals surface area contributed by atoms with Gasteiger partial charge in [-0.3, -0.25) is 4.90 Å². The van der Waals surface area contributed by atoms with E-state index in [1.807, 2.05) is 18.2 Å². The molecule has 2 aromatic carbocycles. The number of piperazine rings is 1. The molecular formula is C18H21FN2O2S. The van der Waals surface area contributed by atoms with E-state index in [0.717, 1.165) is 6.54 Å². The molecular weight excluding hydrogens is 327 g/mol. The Kier molecular flexibility index (Phi) is 5.28. The van der Waals surface area contributed by atoms with Crippen LogP contribution in [-0.2, 0) is 22.3 Å². The lowest BCUT2D eigenvalue weighted by Crippen LogP contribution is -2.48. The van der Waals surface area contributed by atoms with E-state index in [-0.39, 0.29) is 11.3 Å². The van der Waals surface area contributed by atoms with Gasteiger partial charge in [-0.15, -0.1) is 0 Å². The summed E-state index contributed by atoms with van der Waals surface area (Å²) in [5.74, 6) is -0.748. The van der Waals surface area contributed by atoms with Crippen LogP contribution >= 0.6 is 0 Å². The molecule has 3 rings (SSSR count). The van der Waals surface area contributed by atoms with E-state index in [1.165, 1.54) is 22.0 Å². The topological polar surface area (TPSA) is 40.6 Å². The Hall–Kier alpha value is -1.76. The van der Waals surface area contributed by atoms with Crippen LogP contribution in [-0.4, -0.2) is 43.8 Å². The summed E-state index contributed by atoms with van der Waals surface area (Å²) in [6, 6.07) is 16.2. The Balaban J connectivity index is 1.58. The molecule has 0 aromatic heterocycles. The molecule has 24 heavy (non-hydrogen) atoms. The Morgan fingerprint density at radius 2 is 1.50 bits per heavy atom. The van der Waals surface area contributed by atoms with E-state index in [1.54, 1.807) is 12.1 Å². The number of halogens is 1. The maximum atomic E-state index is 13.7. The summed E-state index contributed by atoms with van der Waals surface area (Å²) in [5, 5.41) is 0. The molecule has 0 N–H and O–H groups in total. The van der Waals surface area contributed by atoms with Gasteiger partial charge >= 0.3 is 0 Å².